The van der Waals surface area contributed by atoms with Crippen LogP contribution in [0.1, 0.15) is 5.56 Å². The van der Waals surface area contributed by atoms with Crippen molar-refractivity contribution in [2.45, 2.75) is 0 Å². The molecule has 28 heavy (non-hydrogen) atoms. The lowest BCUT2D eigenvalue weighted by Gasteiger charge is -2.20. The fourth-order valence-electron chi connectivity index (χ4n) is 2.64. The summed E-state index contributed by atoms with van der Waals surface area (Å²) in [5.41, 5.74) is 20.1. The summed E-state index contributed by atoms with van der Waals surface area (Å²) in [7, 11) is 5.45. The number of aliphatic imine (C=N–C) groups is 2. The minimum atomic E-state index is 0.307. The van der Waals surface area contributed by atoms with Crippen LogP contribution in [0.3, 0.4) is 0 Å². The highest BCUT2D eigenvalue weighted by molar-refractivity contribution is 6.26. The van der Waals surface area contributed by atoms with Crippen LogP contribution in [0.2, 0.25) is 0 Å². The summed E-state index contributed by atoms with van der Waals surface area (Å²) in [6.45, 7) is 0.816. The third-order valence-corrected chi connectivity index (χ3v) is 3.94. The van der Waals surface area contributed by atoms with Gasteiger partial charge in [-0.25, -0.2) is 0 Å². The van der Waals surface area contributed by atoms with Crippen LogP contribution in [0.15, 0.2) is 70.2 Å². The van der Waals surface area contributed by atoms with Gasteiger partial charge in [0.2, 0.25) is 0 Å². The molecule has 0 atom stereocenters. The summed E-state index contributed by atoms with van der Waals surface area (Å²) in [4.78, 5) is 10.5. The van der Waals surface area contributed by atoms with Crippen LogP contribution < -0.4 is 21.9 Å². The van der Waals surface area contributed by atoms with Crippen molar-refractivity contribution in [1.29, 1.82) is 0 Å². The van der Waals surface area contributed by atoms with E-state index in [9.17, 15) is 0 Å². The van der Waals surface area contributed by atoms with Crippen molar-refractivity contribution >= 4 is 17.4 Å². The van der Waals surface area contributed by atoms with Crippen molar-refractivity contribution < 1.29 is 4.74 Å². The predicted octanol–water partition coefficient (Wildman–Crippen LogP) is 2.05. The van der Waals surface area contributed by atoms with Gasteiger partial charge in [0, 0.05) is 27.7 Å². The molecule has 0 amide bonds. The second-order valence-corrected chi connectivity index (χ2v) is 6.23. The fraction of sp³-hybridized carbons (Fsp3) is 0.238. The maximum absolute atomic E-state index is 6.47. The van der Waals surface area contributed by atoms with Crippen molar-refractivity contribution in [1.82, 2.24) is 4.90 Å². The minimum Gasteiger partial charge on any atom is -0.457 e. The van der Waals surface area contributed by atoms with E-state index in [2.05, 4.69) is 9.98 Å². The quantitative estimate of drug-likeness (QED) is 0.502. The van der Waals surface area contributed by atoms with E-state index in [0.717, 1.165) is 11.3 Å². The first-order chi connectivity index (χ1) is 13.5. The van der Waals surface area contributed by atoms with Gasteiger partial charge in [0.05, 0.1) is 17.8 Å². The number of rotatable bonds is 7. The van der Waals surface area contributed by atoms with Crippen molar-refractivity contribution in [3.8, 4) is 11.5 Å². The Hall–Kier alpha value is -3.32. The first-order valence-corrected chi connectivity index (χ1v) is 8.95. The van der Waals surface area contributed by atoms with Crippen molar-refractivity contribution in [2.75, 3.05) is 34.2 Å². The number of ether oxygens (including phenoxy) is 1. The molecule has 2 aromatic rings. The average Bonchev–Trinajstić information content (AvgIpc) is 2.70. The number of likely N-dealkylation sites (N-methyl/N-ethyl adjacent to an activating group) is 1. The fourth-order valence-corrected chi connectivity index (χ4v) is 2.64. The number of benzene rings is 2. The summed E-state index contributed by atoms with van der Waals surface area (Å²) in [5.74, 6) is 2.43. The molecule has 7 nitrogen and oxygen atoms in total. The molecule has 6 N–H and O–H groups in total. The van der Waals surface area contributed by atoms with E-state index in [4.69, 9.17) is 21.9 Å². The van der Waals surface area contributed by atoms with Gasteiger partial charge >= 0.3 is 0 Å². The molecule has 2 aromatic carbocycles. The molecule has 0 saturated carbocycles. The molecule has 148 valence electrons. The Balaban J connectivity index is 2.40. The second-order valence-electron chi connectivity index (χ2n) is 6.23. The second kappa shape index (κ2) is 10.1. The number of amidine groups is 2. The Morgan fingerprint density at radius 2 is 1.57 bits per heavy atom. The smallest absolute Gasteiger partial charge is 0.135 e. The third-order valence-electron chi connectivity index (χ3n) is 3.94. The molecule has 0 saturated heterocycles. The van der Waals surface area contributed by atoms with Gasteiger partial charge in [-0.3, -0.25) is 9.98 Å². The molecule has 0 unspecified atom stereocenters. The molecule has 0 aliphatic rings. The van der Waals surface area contributed by atoms with E-state index in [1.54, 1.807) is 7.05 Å². The molecule has 0 bridgehead atoms. The maximum Gasteiger partial charge on any atom is 0.135 e. The van der Waals surface area contributed by atoms with Crippen LogP contribution in [0.5, 0.6) is 11.5 Å². The van der Waals surface area contributed by atoms with Crippen molar-refractivity contribution in [3.05, 3.63) is 65.7 Å². The van der Waals surface area contributed by atoms with Gasteiger partial charge < -0.3 is 26.8 Å². The third kappa shape index (κ3) is 5.34. The minimum absolute atomic E-state index is 0.307. The van der Waals surface area contributed by atoms with Crippen molar-refractivity contribution in [2.24, 2.45) is 27.2 Å². The first-order valence-electron chi connectivity index (χ1n) is 8.95. The molecule has 2 rings (SSSR count). The van der Waals surface area contributed by atoms with Crippen LogP contribution in [0, 0.1) is 0 Å². The molecule has 0 aliphatic carbocycles. The van der Waals surface area contributed by atoms with Crippen LogP contribution in [0.25, 0.3) is 5.70 Å². The summed E-state index contributed by atoms with van der Waals surface area (Å²) < 4.78 is 5.83. The Labute approximate surface area is 166 Å². The van der Waals surface area contributed by atoms with E-state index < -0.39 is 0 Å². The topological polar surface area (TPSA) is 115 Å². The van der Waals surface area contributed by atoms with E-state index in [1.165, 1.54) is 0 Å². The Morgan fingerprint density at radius 3 is 2.11 bits per heavy atom. The van der Waals surface area contributed by atoms with Crippen LogP contribution >= 0.6 is 0 Å². The van der Waals surface area contributed by atoms with E-state index in [-0.39, 0.29) is 0 Å². The molecule has 0 aliphatic heterocycles. The normalized spacial score (nSPS) is 13.1. The number of hydrogen-bond donors (Lipinski definition) is 3. The van der Waals surface area contributed by atoms with Crippen LogP contribution in [0.4, 0.5) is 0 Å². The van der Waals surface area contributed by atoms with Gasteiger partial charge in [0.15, 0.2) is 0 Å². The molecular weight excluding hydrogens is 352 g/mol. The molecule has 0 radical (unpaired) electrons. The lowest BCUT2D eigenvalue weighted by molar-refractivity contribution is 0.482. The van der Waals surface area contributed by atoms with E-state index in [1.807, 2.05) is 73.6 Å². The zero-order valence-corrected chi connectivity index (χ0v) is 16.6. The molecular formula is C21H28N6O. The van der Waals surface area contributed by atoms with E-state index in [0.29, 0.717) is 41.8 Å². The number of hydrogen-bond acceptors (Lipinski definition) is 5. The molecule has 0 heterocycles. The highest BCUT2D eigenvalue weighted by atomic mass is 16.5. The number of para-hydroxylation sites is 1. The van der Waals surface area contributed by atoms with Gasteiger partial charge in [0.1, 0.15) is 23.2 Å². The summed E-state index contributed by atoms with van der Waals surface area (Å²) in [6.07, 6.45) is 0. The van der Waals surface area contributed by atoms with Crippen LogP contribution in [-0.2, 0) is 0 Å². The monoisotopic (exact) mass is 380 g/mol. The summed E-state index contributed by atoms with van der Waals surface area (Å²) >= 11 is 0. The van der Waals surface area contributed by atoms with Crippen LogP contribution in [-0.4, -0.2) is 50.8 Å². The standard InChI is InChI=1S/C21H28N6O/c1-25-21(27(2)3)18(20(24)26-14-13-22)19(23)15-9-11-17(12-10-15)28-16-7-5-4-6-8-16/h4-12H,13-14,22-23H2,1-3H3,(H2,24,26)/b19-18+,25-21?. The summed E-state index contributed by atoms with van der Waals surface area (Å²) in [6, 6.07) is 17.1. The molecule has 0 aromatic heterocycles. The van der Waals surface area contributed by atoms with Gasteiger partial charge in [0.25, 0.3) is 0 Å². The van der Waals surface area contributed by atoms with Gasteiger partial charge in [-0.05, 0) is 42.0 Å². The number of nitrogens with zero attached hydrogens (tertiary/aromatic N) is 3. The lowest BCUT2D eigenvalue weighted by Crippen LogP contribution is -2.33. The molecule has 0 spiro atoms. The number of nitrogens with two attached hydrogens (primary N) is 3. The summed E-state index contributed by atoms with van der Waals surface area (Å²) in [5, 5.41) is 0. The van der Waals surface area contributed by atoms with E-state index >= 15 is 0 Å². The predicted molar refractivity (Wildman–Crippen MR) is 117 cm³/mol. The van der Waals surface area contributed by atoms with Gasteiger partial charge in [-0.1, -0.05) is 18.2 Å². The van der Waals surface area contributed by atoms with Gasteiger partial charge in [-0.2, -0.15) is 0 Å². The van der Waals surface area contributed by atoms with Crippen molar-refractivity contribution in [3.63, 3.8) is 0 Å². The zero-order valence-electron chi connectivity index (χ0n) is 16.6. The highest BCUT2D eigenvalue weighted by Gasteiger charge is 2.18. The molecule has 7 heteroatoms. The van der Waals surface area contributed by atoms with Gasteiger partial charge in [-0.15, -0.1) is 0 Å². The lowest BCUT2D eigenvalue weighted by atomic mass is 10.0. The average molecular weight is 380 g/mol. The Bertz CT molecular complexity index is 854. The maximum atomic E-state index is 6.47. The largest absolute Gasteiger partial charge is 0.457 e. The Morgan fingerprint density at radius 1 is 0.964 bits per heavy atom. The molecule has 0 fully saturated rings. The first kappa shape index (κ1) is 21.0. The highest BCUT2D eigenvalue weighted by Crippen LogP contribution is 2.24. The zero-order chi connectivity index (χ0) is 20.5. The Kier molecular flexibility index (Phi) is 7.59. The SMILES string of the molecule is CN=C(/C(C(N)=NCCN)=C(/N)c1ccc(Oc2ccccc2)cc1)N(C)C.